The maximum atomic E-state index is 11.5. The molecule has 0 spiro atoms. The van der Waals surface area contributed by atoms with Gasteiger partial charge < -0.3 is 10.2 Å². The average Bonchev–Trinajstić information content (AvgIpc) is 2.56. The lowest BCUT2D eigenvalue weighted by Crippen LogP contribution is -2.42. The standard InChI is InChI=1S/C10H18N2O/c1-7(2)11-8-6-10(13)12-5-3-4-9(8)12/h7-9,11H,3-6H2,1-2H3. The van der Waals surface area contributed by atoms with E-state index in [1.54, 1.807) is 0 Å². The minimum atomic E-state index is 0.348. The number of amides is 1. The second kappa shape index (κ2) is 3.29. The highest BCUT2D eigenvalue weighted by Crippen LogP contribution is 2.29. The van der Waals surface area contributed by atoms with Gasteiger partial charge in [-0.2, -0.15) is 0 Å². The van der Waals surface area contributed by atoms with Crippen molar-refractivity contribution in [2.45, 2.75) is 51.2 Å². The lowest BCUT2D eigenvalue weighted by atomic mass is 10.1. The molecule has 3 heteroatoms. The molecule has 74 valence electrons. The maximum Gasteiger partial charge on any atom is 0.224 e. The Bertz CT molecular complexity index is 215. The molecule has 0 saturated carbocycles. The third-order valence-corrected chi connectivity index (χ3v) is 3.03. The van der Waals surface area contributed by atoms with Gasteiger partial charge >= 0.3 is 0 Å². The van der Waals surface area contributed by atoms with Crippen LogP contribution in [0, 0.1) is 0 Å². The van der Waals surface area contributed by atoms with Crippen LogP contribution in [-0.4, -0.2) is 35.5 Å². The van der Waals surface area contributed by atoms with Gasteiger partial charge in [-0.1, -0.05) is 13.8 Å². The van der Waals surface area contributed by atoms with E-state index in [0.29, 0.717) is 30.5 Å². The van der Waals surface area contributed by atoms with E-state index < -0.39 is 0 Å². The molecule has 13 heavy (non-hydrogen) atoms. The van der Waals surface area contributed by atoms with E-state index in [4.69, 9.17) is 0 Å². The molecule has 0 aromatic rings. The largest absolute Gasteiger partial charge is 0.338 e. The fourth-order valence-corrected chi connectivity index (χ4v) is 2.56. The number of hydrogen-bond donors (Lipinski definition) is 1. The van der Waals surface area contributed by atoms with Gasteiger partial charge in [0.2, 0.25) is 5.91 Å². The fraction of sp³-hybridized carbons (Fsp3) is 0.900. The topological polar surface area (TPSA) is 32.3 Å². The van der Waals surface area contributed by atoms with Gasteiger partial charge in [0.1, 0.15) is 0 Å². The molecular weight excluding hydrogens is 164 g/mol. The van der Waals surface area contributed by atoms with E-state index in [1.165, 1.54) is 12.8 Å². The van der Waals surface area contributed by atoms with Crippen molar-refractivity contribution in [2.75, 3.05) is 6.54 Å². The zero-order valence-corrected chi connectivity index (χ0v) is 8.42. The van der Waals surface area contributed by atoms with Crippen molar-refractivity contribution in [1.29, 1.82) is 0 Å². The summed E-state index contributed by atoms with van der Waals surface area (Å²) in [7, 11) is 0. The molecule has 2 heterocycles. The molecule has 2 atom stereocenters. The number of rotatable bonds is 2. The molecule has 2 saturated heterocycles. The van der Waals surface area contributed by atoms with Gasteiger partial charge in [0.25, 0.3) is 0 Å². The van der Waals surface area contributed by atoms with Gasteiger partial charge in [-0.05, 0) is 12.8 Å². The first-order valence-electron chi connectivity index (χ1n) is 5.24. The number of hydrogen-bond acceptors (Lipinski definition) is 2. The Kier molecular flexibility index (Phi) is 2.28. The summed E-state index contributed by atoms with van der Waals surface area (Å²) in [5, 5.41) is 3.48. The number of carbonyl (C=O) groups excluding carboxylic acids is 1. The minimum Gasteiger partial charge on any atom is -0.338 e. The highest BCUT2D eigenvalue weighted by atomic mass is 16.2. The molecule has 1 amide bonds. The van der Waals surface area contributed by atoms with E-state index in [2.05, 4.69) is 24.1 Å². The molecule has 0 radical (unpaired) electrons. The van der Waals surface area contributed by atoms with E-state index in [0.717, 1.165) is 6.54 Å². The fourth-order valence-electron chi connectivity index (χ4n) is 2.56. The van der Waals surface area contributed by atoms with Crippen LogP contribution in [0.25, 0.3) is 0 Å². The molecule has 2 aliphatic rings. The van der Waals surface area contributed by atoms with Crippen LogP contribution < -0.4 is 5.32 Å². The predicted molar refractivity (Wildman–Crippen MR) is 51.4 cm³/mol. The van der Waals surface area contributed by atoms with Gasteiger partial charge in [0, 0.05) is 31.1 Å². The molecular formula is C10H18N2O. The van der Waals surface area contributed by atoms with Crippen molar-refractivity contribution < 1.29 is 4.79 Å². The normalized spacial score (nSPS) is 33.2. The van der Waals surface area contributed by atoms with Crippen molar-refractivity contribution in [2.24, 2.45) is 0 Å². The molecule has 2 unspecified atom stereocenters. The summed E-state index contributed by atoms with van der Waals surface area (Å²) in [5.41, 5.74) is 0. The SMILES string of the molecule is CC(C)NC1CC(=O)N2CCCC12. The van der Waals surface area contributed by atoms with Gasteiger partial charge in [0.05, 0.1) is 0 Å². The Morgan fingerprint density at radius 3 is 3.00 bits per heavy atom. The van der Waals surface area contributed by atoms with Crippen LogP contribution in [-0.2, 0) is 4.79 Å². The Morgan fingerprint density at radius 2 is 2.31 bits per heavy atom. The third-order valence-electron chi connectivity index (χ3n) is 3.03. The highest BCUT2D eigenvalue weighted by Gasteiger charge is 2.42. The van der Waals surface area contributed by atoms with E-state index in [9.17, 15) is 4.79 Å². The van der Waals surface area contributed by atoms with E-state index >= 15 is 0 Å². The van der Waals surface area contributed by atoms with Gasteiger partial charge in [-0.15, -0.1) is 0 Å². The average molecular weight is 182 g/mol. The molecule has 0 aliphatic carbocycles. The summed E-state index contributed by atoms with van der Waals surface area (Å²) >= 11 is 0. The summed E-state index contributed by atoms with van der Waals surface area (Å²) in [6.45, 7) is 5.27. The van der Waals surface area contributed by atoms with Crippen LogP contribution >= 0.6 is 0 Å². The number of fused-ring (bicyclic) bond motifs is 1. The second-order valence-corrected chi connectivity index (χ2v) is 4.43. The van der Waals surface area contributed by atoms with Crippen molar-refractivity contribution in [3.63, 3.8) is 0 Å². The Hall–Kier alpha value is -0.570. The van der Waals surface area contributed by atoms with Crippen LogP contribution in [0.3, 0.4) is 0 Å². The first-order chi connectivity index (χ1) is 6.18. The second-order valence-electron chi connectivity index (χ2n) is 4.43. The Morgan fingerprint density at radius 1 is 1.54 bits per heavy atom. The summed E-state index contributed by atoms with van der Waals surface area (Å²) in [6, 6.07) is 1.39. The Balaban J connectivity index is 2.02. The number of nitrogens with zero attached hydrogens (tertiary/aromatic N) is 1. The van der Waals surface area contributed by atoms with Crippen molar-refractivity contribution >= 4 is 5.91 Å². The molecule has 0 aromatic heterocycles. The van der Waals surface area contributed by atoms with Crippen LogP contribution in [0.5, 0.6) is 0 Å². The van der Waals surface area contributed by atoms with Crippen LogP contribution in [0.1, 0.15) is 33.1 Å². The number of nitrogens with one attached hydrogen (secondary N) is 1. The summed E-state index contributed by atoms with van der Waals surface area (Å²) in [6.07, 6.45) is 3.09. The smallest absolute Gasteiger partial charge is 0.224 e. The first kappa shape index (κ1) is 9.00. The molecule has 2 rings (SSSR count). The number of carbonyl (C=O) groups is 1. The Labute approximate surface area is 79.5 Å². The summed E-state index contributed by atoms with van der Waals surface area (Å²) in [4.78, 5) is 13.6. The van der Waals surface area contributed by atoms with E-state index in [1.807, 2.05) is 0 Å². The third kappa shape index (κ3) is 1.57. The monoisotopic (exact) mass is 182 g/mol. The summed E-state index contributed by atoms with van der Waals surface area (Å²) < 4.78 is 0. The first-order valence-corrected chi connectivity index (χ1v) is 5.24. The molecule has 1 N–H and O–H groups in total. The minimum absolute atomic E-state index is 0.348. The van der Waals surface area contributed by atoms with Gasteiger partial charge in [-0.3, -0.25) is 4.79 Å². The van der Waals surface area contributed by atoms with Crippen LogP contribution in [0.4, 0.5) is 0 Å². The van der Waals surface area contributed by atoms with Crippen molar-refractivity contribution in [3.05, 3.63) is 0 Å². The van der Waals surface area contributed by atoms with Gasteiger partial charge in [0.15, 0.2) is 0 Å². The summed E-state index contributed by atoms with van der Waals surface area (Å²) in [5.74, 6) is 0.348. The molecule has 2 aliphatic heterocycles. The molecule has 0 bridgehead atoms. The van der Waals surface area contributed by atoms with Crippen molar-refractivity contribution in [3.8, 4) is 0 Å². The van der Waals surface area contributed by atoms with Crippen LogP contribution in [0.2, 0.25) is 0 Å². The highest BCUT2D eigenvalue weighted by molar-refractivity contribution is 5.80. The quantitative estimate of drug-likeness (QED) is 0.683. The zero-order chi connectivity index (χ0) is 9.42. The van der Waals surface area contributed by atoms with Gasteiger partial charge in [-0.25, -0.2) is 0 Å². The molecule has 3 nitrogen and oxygen atoms in total. The van der Waals surface area contributed by atoms with Crippen LogP contribution in [0.15, 0.2) is 0 Å². The zero-order valence-electron chi connectivity index (χ0n) is 8.42. The van der Waals surface area contributed by atoms with Crippen molar-refractivity contribution in [1.82, 2.24) is 10.2 Å². The lowest BCUT2D eigenvalue weighted by molar-refractivity contribution is -0.127. The molecule has 2 fully saturated rings. The predicted octanol–water partition coefficient (Wildman–Crippen LogP) is 0.748. The maximum absolute atomic E-state index is 11.5. The van der Waals surface area contributed by atoms with E-state index in [-0.39, 0.29) is 0 Å². The molecule has 0 aromatic carbocycles. The lowest BCUT2D eigenvalue weighted by Gasteiger charge is -2.22.